The van der Waals surface area contributed by atoms with Crippen LogP contribution in [0.5, 0.6) is 11.5 Å². The van der Waals surface area contributed by atoms with Crippen molar-refractivity contribution in [1.29, 1.82) is 0 Å². The second-order valence-corrected chi connectivity index (χ2v) is 13.3. The lowest BCUT2D eigenvalue weighted by molar-refractivity contribution is -0.131. The van der Waals surface area contributed by atoms with Crippen molar-refractivity contribution >= 4 is 39.9 Å². The molecule has 3 aromatic carbocycles. The van der Waals surface area contributed by atoms with Crippen LogP contribution in [-0.2, 0) is 16.1 Å². The van der Waals surface area contributed by atoms with Gasteiger partial charge in [0.05, 0.1) is 19.3 Å². The molecule has 2 fully saturated rings. The maximum Gasteiger partial charge on any atom is 0.328 e. The Labute approximate surface area is 279 Å². The zero-order chi connectivity index (χ0) is 33.4. The number of nitrogens with one attached hydrogen (secondary N) is 2. The molecule has 3 aliphatic rings. The van der Waals surface area contributed by atoms with Crippen molar-refractivity contribution in [2.75, 3.05) is 19.0 Å². The van der Waals surface area contributed by atoms with Gasteiger partial charge >= 0.3 is 5.97 Å². The molecule has 48 heavy (non-hydrogen) atoms. The van der Waals surface area contributed by atoms with Crippen molar-refractivity contribution in [2.45, 2.75) is 76.3 Å². The maximum atomic E-state index is 13.9. The number of rotatable bonds is 8. The number of carboxylic acids is 1. The Morgan fingerprint density at radius 3 is 2.40 bits per heavy atom. The number of methoxy groups -OCH3 is 1. The van der Waals surface area contributed by atoms with Gasteiger partial charge in [-0.2, -0.15) is 0 Å². The zero-order valence-electron chi connectivity index (χ0n) is 27.4. The average molecular weight is 648 g/mol. The van der Waals surface area contributed by atoms with Gasteiger partial charge in [-0.15, -0.1) is 0 Å². The zero-order valence-corrected chi connectivity index (χ0v) is 27.4. The molecular weight excluding hydrogens is 606 g/mol. The molecule has 248 valence electrons. The number of fused-ring (bicyclic) bond motifs is 5. The van der Waals surface area contributed by atoms with Crippen molar-refractivity contribution in [3.63, 3.8) is 0 Å². The molecule has 2 heterocycles. The minimum absolute atomic E-state index is 0.256. The molecule has 2 saturated carbocycles. The third-order valence-electron chi connectivity index (χ3n) is 10.3. The lowest BCUT2D eigenvalue weighted by atomic mass is 9.75. The summed E-state index contributed by atoms with van der Waals surface area (Å²) in [5.74, 6) is 0.452. The molecule has 7 rings (SSSR count). The van der Waals surface area contributed by atoms with Gasteiger partial charge in [-0.1, -0.05) is 37.5 Å². The first kappa shape index (κ1) is 31.5. The molecule has 3 N–H and O–H groups in total. The summed E-state index contributed by atoms with van der Waals surface area (Å²) >= 11 is 0. The largest absolute Gasteiger partial charge is 0.497 e. The summed E-state index contributed by atoms with van der Waals surface area (Å²) in [5.41, 5.74) is 6.01. The molecule has 0 saturated heterocycles. The molecule has 1 aliphatic heterocycles. The minimum Gasteiger partial charge on any atom is -0.497 e. The van der Waals surface area contributed by atoms with E-state index >= 15 is 0 Å². The maximum absolute atomic E-state index is 13.9. The highest BCUT2D eigenvalue weighted by molar-refractivity contribution is 6.06. The summed E-state index contributed by atoms with van der Waals surface area (Å²) in [4.78, 5) is 38.5. The number of aliphatic carboxylic acids is 1. The molecule has 2 amide bonds. The molecule has 9 nitrogen and oxygen atoms in total. The topological polar surface area (TPSA) is 119 Å². The lowest BCUT2D eigenvalue weighted by Gasteiger charge is -2.40. The van der Waals surface area contributed by atoms with Gasteiger partial charge in [0.25, 0.3) is 5.91 Å². The minimum atomic E-state index is -1.01. The smallest absolute Gasteiger partial charge is 0.328 e. The van der Waals surface area contributed by atoms with Crippen molar-refractivity contribution in [1.82, 2.24) is 9.88 Å². The summed E-state index contributed by atoms with van der Waals surface area (Å²) < 4.78 is 14.1. The number of hydrogen-bond acceptors (Lipinski definition) is 5. The number of carbonyl (C=O) groups excluding carboxylic acids is 2. The highest BCUT2D eigenvalue weighted by Crippen LogP contribution is 2.48. The molecule has 0 unspecified atom stereocenters. The molecule has 1 aromatic heterocycles. The molecule has 4 aromatic rings. The Kier molecular flexibility index (Phi) is 8.45. The normalized spacial score (nSPS) is 17.2. The van der Waals surface area contributed by atoms with E-state index < -0.39 is 11.5 Å². The van der Waals surface area contributed by atoms with Gasteiger partial charge in [-0.25, -0.2) is 4.79 Å². The first-order valence-corrected chi connectivity index (χ1v) is 16.9. The van der Waals surface area contributed by atoms with E-state index in [2.05, 4.69) is 27.3 Å². The van der Waals surface area contributed by atoms with Crippen molar-refractivity contribution < 1.29 is 29.0 Å². The molecular formula is C39H41N3O6. The molecule has 0 radical (unpaired) electrons. The van der Waals surface area contributed by atoms with Gasteiger partial charge in [0.15, 0.2) is 0 Å². The van der Waals surface area contributed by atoms with E-state index in [0.29, 0.717) is 48.7 Å². The summed E-state index contributed by atoms with van der Waals surface area (Å²) in [6.07, 6.45) is 9.04. The second-order valence-electron chi connectivity index (χ2n) is 13.3. The predicted molar refractivity (Wildman–Crippen MR) is 186 cm³/mol. The van der Waals surface area contributed by atoms with E-state index in [9.17, 15) is 14.4 Å². The number of ether oxygens (including phenoxy) is 2. The number of amides is 2. The van der Waals surface area contributed by atoms with E-state index in [1.54, 1.807) is 38.3 Å². The average Bonchev–Trinajstić information content (AvgIpc) is 3.27. The Hall–Kier alpha value is -5.05. The van der Waals surface area contributed by atoms with Crippen molar-refractivity contribution in [3.05, 3.63) is 83.4 Å². The number of aromatic nitrogens is 1. The molecule has 0 atom stereocenters. The van der Waals surface area contributed by atoms with Gasteiger partial charge in [-0.05, 0) is 98.0 Å². The summed E-state index contributed by atoms with van der Waals surface area (Å²) in [6, 6.07) is 19.0. The van der Waals surface area contributed by atoms with Crippen molar-refractivity contribution in [2.24, 2.45) is 0 Å². The fraction of sp³-hybridized carbons (Fsp3) is 0.359. The van der Waals surface area contributed by atoms with Crippen molar-refractivity contribution in [3.8, 4) is 22.8 Å². The first-order valence-electron chi connectivity index (χ1n) is 16.9. The highest BCUT2D eigenvalue weighted by atomic mass is 16.5. The Morgan fingerprint density at radius 1 is 0.958 bits per heavy atom. The number of benzene rings is 3. The number of allylic oxidation sites excluding steroid dienone is 1. The summed E-state index contributed by atoms with van der Waals surface area (Å²) in [7, 11) is 1.66. The van der Waals surface area contributed by atoms with Crippen LogP contribution in [0, 0.1) is 0 Å². The van der Waals surface area contributed by atoms with Gasteiger partial charge in [0.1, 0.15) is 23.6 Å². The Bertz CT molecular complexity index is 1930. The van der Waals surface area contributed by atoms with Gasteiger partial charge < -0.3 is 29.8 Å². The fourth-order valence-corrected chi connectivity index (χ4v) is 7.60. The van der Waals surface area contributed by atoms with E-state index in [4.69, 9.17) is 14.6 Å². The van der Waals surface area contributed by atoms with Gasteiger partial charge in [0, 0.05) is 39.9 Å². The van der Waals surface area contributed by atoms with Crippen LogP contribution in [0.3, 0.4) is 0 Å². The van der Waals surface area contributed by atoms with E-state index in [0.717, 1.165) is 53.5 Å². The van der Waals surface area contributed by atoms with Crippen LogP contribution in [-0.4, -0.2) is 46.7 Å². The highest BCUT2D eigenvalue weighted by Gasteiger charge is 2.45. The fourth-order valence-electron chi connectivity index (χ4n) is 7.60. The van der Waals surface area contributed by atoms with Crippen LogP contribution in [0.2, 0.25) is 0 Å². The number of nitrogens with zero attached hydrogens (tertiary/aromatic N) is 1. The van der Waals surface area contributed by atoms with E-state index in [1.165, 1.54) is 35.9 Å². The number of carbonyl (C=O) groups is 3. The summed E-state index contributed by atoms with van der Waals surface area (Å²) in [6.45, 7) is 2.87. The lowest BCUT2D eigenvalue weighted by Crippen LogP contribution is -2.61. The van der Waals surface area contributed by atoms with Crippen LogP contribution in [0.25, 0.3) is 27.7 Å². The third kappa shape index (κ3) is 5.82. The molecule has 2 aliphatic carbocycles. The standard InChI is InChI=1S/C39H41N3O6/c1-24(21-34(43)44)25-9-12-28(13-10-25)40-38(46)39(17-6-18-39)41-37(45)27-11-15-30-32(22-27)42-19-20-48-33-23-29(47-2)14-16-31(33)36(42)35(30)26-7-4-3-5-8-26/h9-16,21-23,26H,3-8,17-20H2,1-2H3,(H,40,46)(H,41,45)(H,43,44)/b24-21+. The Balaban J connectivity index is 1.18. The number of hydrogen-bond donors (Lipinski definition) is 3. The predicted octanol–water partition coefficient (Wildman–Crippen LogP) is 7.54. The van der Waals surface area contributed by atoms with Crippen LogP contribution in [0.4, 0.5) is 5.69 Å². The monoisotopic (exact) mass is 647 g/mol. The van der Waals surface area contributed by atoms with Gasteiger partial charge in [-0.3, -0.25) is 9.59 Å². The van der Waals surface area contributed by atoms with Gasteiger partial charge in [0.2, 0.25) is 5.91 Å². The quantitative estimate of drug-likeness (QED) is 0.170. The van der Waals surface area contributed by atoms with Crippen LogP contribution < -0.4 is 20.1 Å². The number of anilines is 1. The van der Waals surface area contributed by atoms with Crippen LogP contribution in [0.15, 0.2) is 66.7 Å². The van der Waals surface area contributed by atoms with Crippen LogP contribution in [0.1, 0.15) is 85.7 Å². The molecule has 0 bridgehead atoms. The van der Waals surface area contributed by atoms with E-state index in [1.807, 2.05) is 24.3 Å². The Morgan fingerprint density at radius 2 is 1.71 bits per heavy atom. The number of carboxylic acid groups (broad SMARTS) is 1. The second kappa shape index (κ2) is 12.9. The molecule has 0 spiro atoms. The summed E-state index contributed by atoms with van der Waals surface area (Å²) in [5, 5.41) is 16.3. The van der Waals surface area contributed by atoms with Crippen LogP contribution >= 0.6 is 0 Å². The van der Waals surface area contributed by atoms with E-state index in [-0.39, 0.29) is 11.8 Å². The third-order valence-corrected chi connectivity index (χ3v) is 10.3. The molecule has 9 heteroatoms. The first-order chi connectivity index (χ1) is 23.3. The SMILES string of the molecule is COc1ccc2c(c1)OCCn1c-2c(C2CCCCC2)c2ccc(C(=O)NC3(C(=O)Nc4ccc(/C(C)=C/C(=O)O)cc4)CCC3)cc21.